The van der Waals surface area contributed by atoms with Gasteiger partial charge in [-0.3, -0.25) is 24.1 Å². The zero-order valence-electron chi connectivity index (χ0n) is 28.5. The largest absolute Gasteiger partial charge is 0.508 e. The lowest BCUT2D eigenvalue weighted by Crippen LogP contribution is -2.55. The number of benzene rings is 4. The Labute approximate surface area is 310 Å². The lowest BCUT2D eigenvalue weighted by Gasteiger charge is -2.51. The second-order valence-electron chi connectivity index (χ2n) is 14.6. The van der Waals surface area contributed by atoms with E-state index in [2.05, 4.69) is 0 Å². The van der Waals surface area contributed by atoms with Gasteiger partial charge >= 0.3 is 0 Å². The number of phenolic OH excluding ortho intramolecular Hbond substituents is 2. The normalized spacial score (nSPS) is 27.4. The number of aromatic hydroxyl groups is 2. The van der Waals surface area contributed by atoms with Crippen LogP contribution in [-0.4, -0.2) is 45.3 Å². The average molecular weight is 727 g/mol. The first-order valence-electron chi connectivity index (χ1n) is 17.9. The molecule has 2 aliphatic carbocycles. The number of allylic oxidation sites excluding steroid dienone is 3. The van der Waals surface area contributed by atoms with Crippen molar-refractivity contribution in [3.05, 3.63) is 142 Å². The minimum atomic E-state index is -1.41. The van der Waals surface area contributed by atoms with E-state index < -0.39 is 35.0 Å². The summed E-state index contributed by atoms with van der Waals surface area (Å²) >= 11 is 6.42. The van der Waals surface area contributed by atoms with Crippen LogP contribution in [0.15, 0.2) is 121 Å². The summed E-state index contributed by atoms with van der Waals surface area (Å²) in [7, 11) is 0. The number of carbonyl (C=O) groups excluding carboxylic acids is 4. The molecule has 2 N–H and O–H groups in total. The first-order chi connectivity index (χ1) is 25.7. The number of fused-ring (bicyclic) bond motifs is 5. The van der Waals surface area contributed by atoms with E-state index in [1.807, 2.05) is 36.4 Å². The van der Waals surface area contributed by atoms with Gasteiger partial charge in [0, 0.05) is 29.5 Å². The minimum Gasteiger partial charge on any atom is -0.508 e. The Hall–Kier alpha value is -5.67. The third-order valence-corrected chi connectivity index (χ3v) is 12.2. The van der Waals surface area contributed by atoms with Crippen LogP contribution >= 0.6 is 11.6 Å². The van der Waals surface area contributed by atoms with E-state index >= 15 is 4.79 Å². The van der Waals surface area contributed by atoms with Gasteiger partial charge in [0.15, 0.2) is 0 Å². The monoisotopic (exact) mass is 726 g/mol. The molecule has 3 aliphatic heterocycles. The first kappa shape index (κ1) is 33.2. The number of halogens is 1. The van der Waals surface area contributed by atoms with Gasteiger partial charge in [0.25, 0.3) is 0 Å². The molecule has 2 saturated heterocycles. The van der Waals surface area contributed by atoms with Crippen LogP contribution in [0.25, 0.3) is 0 Å². The molecule has 3 heterocycles. The van der Waals surface area contributed by atoms with E-state index in [1.165, 1.54) is 9.80 Å². The highest BCUT2D eigenvalue weighted by molar-refractivity contribution is 6.32. The van der Waals surface area contributed by atoms with Crippen LogP contribution in [0.4, 0.5) is 5.69 Å². The number of ether oxygens (including phenoxy) is 1. The molecule has 9 nitrogen and oxygen atoms in total. The Morgan fingerprint density at radius 2 is 1.58 bits per heavy atom. The highest BCUT2D eigenvalue weighted by atomic mass is 35.5. The molecule has 0 aromatic heterocycles. The number of phenols is 2. The van der Waals surface area contributed by atoms with Crippen molar-refractivity contribution in [2.24, 2.45) is 29.6 Å². The van der Waals surface area contributed by atoms with E-state index in [1.54, 1.807) is 73.0 Å². The minimum absolute atomic E-state index is 0.0761. The quantitative estimate of drug-likeness (QED) is 0.172. The maximum atomic E-state index is 15.4. The number of amides is 4. The lowest BCUT2D eigenvalue weighted by molar-refractivity contribution is -0.140. The van der Waals surface area contributed by atoms with Crippen molar-refractivity contribution in [2.75, 3.05) is 11.4 Å². The zero-order chi connectivity index (χ0) is 36.6. The van der Waals surface area contributed by atoms with E-state index in [9.17, 15) is 24.6 Å². The molecule has 53 heavy (non-hydrogen) atoms. The molecule has 0 spiro atoms. The molecule has 10 heteroatoms. The topological polar surface area (TPSA) is 124 Å². The third kappa shape index (κ3) is 5.05. The van der Waals surface area contributed by atoms with Crippen molar-refractivity contribution in [3.8, 4) is 17.2 Å². The number of anilines is 1. The molecule has 1 saturated carbocycles. The zero-order valence-corrected chi connectivity index (χ0v) is 29.3. The molecular weight excluding hydrogens is 692 g/mol. The van der Waals surface area contributed by atoms with Gasteiger partial charge in [-0.05, 0) is 90.4 Å². The molecule has 4 aromatic rings. The van der Waals surface area contributed by atoms with Crippen LogP contribution in [0.5, 0.6) is 17.2 Å². The van der Waals surface area contributed by atoms with Gasteiger partial charge in [-0.25, -0.2) is 4.90 Å². The fraction of sp³-hybridized carbons (Fsp3) is 0.256. The fourth-order valence-corrected chi connectivity index (χ4v) is 9.93. The van der Waals surface area contributed by atoms with Crippen molar-refractivity contribution >= 4 is 40.9 Å². The Bertz CT molecular complexity index is 2270. The Morgan fingerprint density at radius 3 is 2.36 bits per heavy atom. The second kappa shape index (κ2) is 12.5. The van der Waals surface area contributed by atoms with Gasteiger partial charge in [0.05, 0.1) is 35.1 Å². The summed E-state index contributed by atoms with van der Waals surface area (Å²) in [6, 6.07) is 27.7. The maximum absolute atomic E-state index is 15.4. The van der Waals surface area contributed by atoms with Crippen molar-refractivity contribution in [2.45, 2.75) is 31.1 Å². The van der Waals surface area contributed by atoms with Gasteiger partial charge in [-0.15, -0.1) is 0 Å². The molecule has 4 amide bonds. The van der Waals surface area contributed by atoms with Gasteiger partial charge in [-0.1, -0.05) is 71.8 Å². The van der Waals surface area contributed by atoms with Crippen molar-refractivity contribution in [3.63, 3.8) is 0 Å². The molecule has 266 valence electrons. The predicted molar refractivity (Wildman–Crippen MR) is 196 cm³/mol. The Morgan fingerprint density at radius 1 is 0.811 bits per heavy atom. The summed E-state index contributed by atoms with van der Waals surface area (Å²) in [5.74, 6) is -3.88. The number of carbonyl (C=O) groups is 4. The highest BCUT2D eigenvalue weighted by Crippen LogP contribution is 2.63. The summed E-state index contributed by atoms with van der Waals surface area (Å²) in [6.07, 6.45) is 4.96. The molecule has 5 aliphatic rings. The lowest BCUT2D eigenvalue weighted by atomic mass is 9.48. The maximum Gasteiger partial charge on any atom is 0.246 e. The van der Waals surface area contributed by atoms with Crippen molar-refractivity contribution < 1.29 is 34.1 Å². The summed E-state index contributed by atoms with van der Waals surface area (Å²) in [6.45, 7) is 0.192. The molecule has 9 rings (SSSR count). The van der Waals surface area contributed by atoms with E-state index in [-0.39, 0.29) is 48.1 Å². The number of hydrogen-bond donors (Lipinski definition) is 2. The van der Waals surface area contributed by atoms with Crippen LogP contribution < -0.4 is 9.64 Å². The standard InChI is InChI=1S/C43H35ClN2O7/c44-28-7-4-8-29(21-28)46-40(50)35-22-34-32(14-15-33-37(34)41(51)45(39(33)49)18-17-24-9-11-30(47)12-10-24)38(43(35,42(46)52)27-5-2-1-3-6-27)26-19-25-20-31(48)13-16-36(25)53-23-26/h1-14,16,20-21,23,33-35,37-38,47-48H,15,17-19,22H2/t33-,34+,35-,37-,38-,43+/m0/s1. The van der Waals surface area contributed by atoms with E-state index in [0.717, 1.165) is 22.3 Å². The molecule has 3 fully saturated rings. The van der Waals surface area contributed by atoms with Gasteiger partial charge in [-0.2, -0.15) is 0 Å². The number of nitrogens with zero attached hydrogens (tertiary/aromatic N) is 2. The second-order valence-corrected chi connectivity index (χ2v) is 15.1. The van der Waals surface area contributed by atoms with E-state index in [4.69, 9.17) is 16.3 Å². The summed E-state index contributed by atoms with van der Waals surface area (Å²) in [5.41, 5.74) is 2.82. The first-order valence-corrected chi connectivity index (χ1v) is 18.2. The Kier molecular flexibility index (Phi) is 7.82. The Balaban J connectivity index is 1.19. The fourth-order valence-electron chi connectivity index (χ4n) is 9.75. The smallest absolute Gasteiger partial charge is 0.246 e. The molecule has 0 bridgehead atoms. The van der Waals surface area contributed by atoms with Crippen LogP contribution in [0, 0.1) is 29.6 Å². The molecule has 4 aromatic carbocycles. The van der Waals surface area contributed by atoms with Crippen LogP contribution in [-0.2, 0) is 37.4 Å². The van der Waals surface area contributed by atoms with Crippen LogP contribution in [0.3, 0.4) is 0 Å². The van der Waals surface area contributed by atoms with Gasteiger partial charge in [0.2, 0.25) is 23.6 Å². The van der Waals surface area contributed by atoms with Crippen molar-refractivity contribution in [1.82, 2.24) is 4.90 Å². The molecule has 6 atom stereocenters. The number of rotatable bonds is 6. The van der Waals surface area contributed by atoms with Crippen LogP contribution in [0.1, 0.15) is 29.5 Å². The number of hydrogen-bond acceptors (Lipinski definition) is 7. The molecule has 0 radical (unpaired) electrons. The van der Waals surface area contributed by atoms with Gasteiger partial charge < -0.3 is 14.9 Å². The highest BCUT2D eigenvalue weighted by Gasteiger charge is 2.70. The van der Waals surface area contributed by atoms with Crippen molar-refractivity contribution in [1.29, 1.82) is 0 Å². The number of imide groups is 2. The molecular formula is C43H35ClN2O7. The summed E-state index contributed by atoms with van der Waals surface area (Å²) in [4.78, 5) is 61.4. The van der Waals surface area contributed by atoms with E-state index in [0.29, 0.717) is 41.3 Å². The predicted octanol–water partition coefficient (Wildman–Crippen LogP) is 6.51. The number of likely N-dealkylation sites (tertiary alicyclic amines) is 1. The molecule has 0 unspecified atom stereocenters. The summed E-state index contributed by atoms with van der Waals surface area (Å²) in [5, 5.41) is 20.5. The third-order valence-electron chi connectivity index (χ3n) is 12.0. The summed E-state index contributed by atoms with van der Waals surface area (Å²) < 4.78 is 6.19. The van der Waals surface area contributed by atoms with Gasteiger partial charge in [0.1, 0.15) is 17.2 Å². The SMILES string of the molecule is O=C1[C@H]2[C@H](CC=C3[C@H](C4=COc5ccc(O)cc5C4)[C@]4(c5ccccc5)C(=O)N(c5cccc(Cl)c5)C(=O)[C@@H]4C[C@H]32)C(=O)N1CCc1ccc(O)cc1. The van der Waals surface area contributed by atoms with Crippen LogP contribution in [0.2, 0.25) is 5.02 Å². The average Bonchev–Trinajstić information content (AvgIpc) is 3.54.